The molecule has 2 aliphatic carbocycles. The number of aliphatic hydroxyl groups is 6. The Morgan fingerprint density at radius 3 is 1.22 bits per heavy atom. The van der Waals surface area contributed by atoms with Crippen LogP contribution in [-0.2, 0) is 125 Å². The van der Waals surface area contributed by atoms with Crippen molar-refractivity contribution >= 4 is 41.9 Å². The zero-order valence-electron chi connectivity index (χ0n) is 76.3. The number of benzene rings is 6. The van der Waals surface area contributed by atoms with Crippen LogP contribution in [0.25, 0.3) is 22.3 Å². The van der Waals surface area contributed by atoms with E-state index in [1.807, 2.05) is 97.1 Å². The van der Waals surface area contributed by atoms with E-state index in [0.717, 1.165) is 31.2 Å². The molecule has 0 unspecified atom stereocenters. The Morgan fingerprint density at radius 1 is 0.448 bits per heavy atom. The van der Waals surface area contributed by atoms with Crippen LogP contribution in [0.2, 0.25) is 0 Å². The molecule has 6 aromatic carbocycles. The summed E-state index contributed by atoms with van der Waals surface area (Å²) in [6.07, 6.45) is 22.1. The minimum absolute atomic E-state index is 0. The maximum absolute atomic E-state index is 13.1. The van der Waals surface area contributed by atoms with Crippen LogP contribution in [-0.4, -0.2) is 238 Å². The van der Waals surface area contributed by atoms with Gasteiger partial charge in [0.1, 0.15) is 38.8 Å². The molecule has 6 aromatic rings. The Hall–Kier alpha value is -10.7. The van der Waals surface area contributed by atoms with E-state index in [2.05, 4.69) is 6.92 Å². The molecule has 0 aromatic heterocycles. The number of ketones is 1. The Morgan fingerprint density at radius 2 is 0.821 bits per heavy atom. The summed E-state index contributed by atoms with van der Waals surface area (Å²) in [7, 11) is 8.26. The number of carbonyl (C=O) groups is 6. The number of fused-ring (bicyclic) bond motifs is 4. The van der Waals surface area contributed by atoms with Gasteiger partial charge in [-0.15, -0.1) is 12.8 Å². The van der Waals surface area contributed by atoms with Crippen molar-refractivity contribution in [1.82, 2.24) is 0 Å². The van der Waals surface area contributed by atoms with Crippen LogP contribution in [0.15, 0.2) is 134 Å². The molecule has 12 rings (SSSR count). The molecular weight excluding hydrogens is 1820 g/mol. The second kappa shape index (κ2) is 56.6. The van der Waals surface area contributed by atoms with Gasteiger partial charge >= 0.3 is 29.8 Å². The van der Waals surface area contributed by atoms with E-state index in [4.69, 9.17) is 99.5 Å². The summed E-state index contributed by atoms with van der Waals surface area (Å²) in [5.74, 6) is -0.266. The summed E-state index contributed by atoms with van der Waals surface area (Å²) >= 11 is 0. The van der Waals surface area contributed by atoms with Crippen molar-refractivity contribution in [3.8, 4) is 91.2 Å². The average molecular weight is 1940 g/mol. The zero-order valence-corrected chi connectivity index (χ0v) is 79.1. The quantitative estimate of drug-likeness (QED) is 0.00679. The molecule has 35 heteroatoms. The Labute approximate surface area is 804 Å². The molecule has 0 saturated heterocycles. The number of aryl methyl sites for hydroxylation is 2. The minimum Gasteiger partial charge on any atom is -0.542 e. The van der Waals surface area contributed by atoms with E-state index >= 15 is 0 Å². The predicted octanol–water partition coefficient (Wildman–Crippen LogP) is 11.3. The number of allylic oxidation sites excluding steroid dienone is 4. The molecule has 0 spiro atoms. The summed E-state index contributed by atoms with van der Waals surface area (Å²) in [5, 5.41) is 62.5. The van der Waals surface area contributed by atoms with Crippen LogP contribution < -0.4 is 56.8 Å². The number of Topliss-reactive ketones (excluding diaryl/α,β-unsaturated/α-hetero) is 1. The Balaban J connectivity index is 0.000000247. The maximum Gasteiger partial charge on any atom is 0.338 e. The van der Waals surface area contributed by atoms with Crippen LogP contribution in [0.3, 0.4) is 0 Å². The van der Waals surface area contributed by atoms with Gasteiger partial charge in [0.25, 0.3) is 0 Å². The van der Waals surface area contributed by atoms with Crippen LogP contribution in [0.4, 0.5) is 0 Å². The first kappa shape index (κ1) is 107. The topological polar surface area (TPSA) is 435 Å². The third-order valence-corrected chi connectivity index (χ3v) is 22.7. The molecule has 1 radical (unpaired) electrons. The van der Waals surface area contributed by atoms with Crippen molar-refractivity contribution in [3.63, 3.8) is 0 Å². The molecule has 34 nitrogen and oxygen atoms in total. The first-order valence-electron chi connectivity index (χ1n) is 44.1. The van der Waals surface area contributed by atoms with Gasteiger partial charge in [-0.3, -0.25) is 11.1 Å². The molecule has 0 bridgehead atoms. The second-order valence-electron chi connectivity index (χ2n) is 31.4. The molecule has 4 heterocycles. The van der Waals surface area contributed by atoms with Gasteiger partial charge in [-0.1, -0.05) is 109 Å². The number of hydrogen-bond donors (Lipinski definition) is 6. The van der Waals surface area contributed by atoms with Gasteiger partial charge in [0.05, 0.1) is 123 Å². The van der Waals surface area contributed by atoms with E-state index in [1.165, 1.54) is 60.4 Å². The minimum atomic E-state index is -0.690. The number of aliphatic hydroxyl groups excluding tert-OH is 6. The van der Waals surface area contributed by atoms with Crippen LogP contribution >= 0.6 is 0 Å². The number of unbranched alkanes of at least 4 members (excludes halogenated alkanes) is 2. The smallest absolute Gasteiger partial charge is 0.338 e. The SMILES string of the molecule is COC(=O)c1cc(OC)c2c(c1-c1c(COC(=O)COCCOCCOC(=O)CCC/C=C\C[C@H]3[C@H](/C=C/[C@H](O)CCc4ccccc4)[C@@H](O)C[C@H]3O)cc(OC)c3c1OCO3)OCO2.COC(=O)c1cc(OC)c2c(c1-c1c(COC(=O)COCCOCC[C-]=O)cc(OC)c3c1OCO3)OCO2.[CH2-]CC(=O)CCC/C=C\C[C@H]1[C@H](/C=C/[C@H](O)CCc2ccccc2)[C@@H](O)C[C@H]1O.[Y]. The Kier molecular flexibility index (Phi) is 45.2. The van der Waals surface area contributed by atoms with Gasteiger partial charge in [0.2, 0.25) is 50.2 Å². The average Bonchev–Trinajstić information content (AvgIpc) is 1.71. The standard InChI is InChI=1S/C48H58O17.C26H27O13.C25H35O4.Y/c1-55-38-23-31(42(46-44(38)62-28-64-46)43-35(48(54)57-3)24-39(56-2)45-47(43)65-29-63-45)26-61-41(53)27-59-20-19-58-21-22-60-40(52)14-10-5-4-9-13-33-34(37(51)25-36(33)50)18-17-32(49)16-15-30-11-7-6-8-12-30;1-30-17-9-15(11-35-19(28)12-34-8-7-33-6-4-5-27)20(24-22(17)36-13-38-24)21-16(26(29)32-3)10-18(31-2)23-25(21)39-14-37-23;1-2-20(26)12-8-3-4-9-13-22-23(25(29)18-24(22)28)17-16-21(27)15-14-19-10-6-5-7-11-19;/h4,6-9,11-12,17-18,23-24,32-34,36-37,49-51H,5,10,13-16,19-22,25-29H2,1-3H3;9-10H,4,6-8,11-14H2,1-3H3;4-7,9-11,16-17,21-25,27-29H,1-3,8,12-15,18H2;/q;2*-1;/b9-4-,18-17+;;9-4-,17-16+;/t32-,33+,34+,36-,37+;;21-,22+,23+,24-,25+;/m1.1./s1. The molecule has 10 atom stereocenters. The zero-order chi connectivity index (χ0) is 95.0. The van der Waals surface area contributed by atoms with Gasteiger partial charge in [-0.05, 0) is 111 Å². The fraction of sp³-hybridized carbons (Fsp3) is 0.475. The summed E-state index contributed by atoms with van der Waals surface area (Å²) in [6.45, 7) is 2.85. The monoisotopic (exact) mass is 1940 g/mol. The molecule has 725 valence electrons. The number of methoxy groups -OCH3 is 6. The van der Waals surface area contributed by atoms with Gasteiger partial charge in [-0.25, -0.2) is 19.2 Å². The third kappa shape index (κ3) is 30.6. The van der Waals surface area contributed by atoms with Crippen molar-refractivity contribution in [1.29, 1.82) is 0 Å². The number of carbonyl (C=O) groups excluding carboxylic acids is 7. The number of ether oxygens (including phenoxy) is 21. The molecule has 2 saturated carbocycles. The van der Waals surface area contributed by atoms with Crippen LogP contribution in [0.5, 0.6) is 69.0 Å². The van der Waals surface area contributed by atoms with E-state index in [1.54, 1.807) is 30.6 Å². The second-order valence-corrected chi connectivity index (χ2v) is 31.4. The third-order valence-electron chi connectivity index (χ3n) is 22.7. The number of rotatable bonds is 51. The van der Waals surface area contributed by atoms with Crippen LogP contribution in [0, 0.1) is 30.6 Å². The van der Waals surface area contributed by atoms with Crippen molar-refractivity contribution < 1.29 is 196 Å². The maximum atomic E-state index is 13.1. The molecule has 134 heavy (non-hydrogen) atoms. The van der Waals surface area contributed by atoms with Crippen molar-refractivity contribution in [2.75, 3.05) is 129 Å². The Bertz CT molecular complexity index is 4900. The molecule has 2 fully saturated rings. The summed E-state index contributed by atoms with van der Waals surface area (Å²) in [6, 6.07) is 26.2. The van der Waals surface area contributed by atoms with Crippen molar-refractivity contribution in [2.24, 2.45) is 23.7 Å². The van der Waals surface area contributed by atoms with Crippen LogP contribution in [0.1, 0.15) is 133 Å². The molecule has 6 N–H and O–H groups in total. The molecule has 4 aliphatic heterocycles. The fourth-order valence-electron chi connectivity index (χ4n) is 15.9. The normalized spacial score (nSPS) is 18.4. The summed E-state index contributed by atoms with van der Waals surface area (Å²) in [4.78, 5) is 84.9. The number of esters is 5. The first-order chi connectivity index (χ1) is 64.7. The van der Waals surface area contributed by atoms with Crippen molar-refractivity contribution in [3.05, 3.63) is 174 Å². The van der Waals surface area contributed by atoms with Crippen molar-refractivity contribution in [2.45, 2.75) is 153 Å². The van der Waals surface area contributed by atoms with Gasteiger partial charge in [-0.2, -0.15) is 0 Å². The molecular formula is C99H120O34Y-2. The van der Waals surface area contributed by atoms with E-state index in [-0.39, 0.29) is 261 Å². The largest absolute Gasteiger partial charge is 0.542 e. The summed E-state index contributed by atoms with van der Waals surface area (Å²) < 4.78 is 115. The van der Waals surface area contributed by atoms with Gasteiger partial charge in [0.15, 0.2) is 46.0 Å². The summed E-state index contributed by atoms with van der Waals surface area (Å²) in [5.41, 5.74) is 4.59. The van der Waals surface area contributed by atoms with Gasteiger partial charge < -0.3 is 147 Å². The molecule has 0 amide bonds. The number of hydrogen-bond acceptors (Lipinski definition) is 34. The van der Waals surface area contributed by atoms with Gasteiger partial charge in [0, 0.05) is 110 Å². The van der Waals surface area contributed by atoms with E-state index in [0.29, 0.717) is 97.3 Å². The fourth-order valence-corrected chi connectivity index (χ4v) is 15.9. The van der Waals surface area contributed by atoms with E-state index < -0.39 is 60.5 Å². The predicted molar refractivity (Wildman–Crippen MR) is 479 cm³/mol. The first-order valence-corrected chi connectivity index (χ1v) is 44.1. The van der Waals surface area contributed by atoms with E-state index in [9.17, 15) is 64.2 Å². The molecule has 6 aliphatic rings.